The van der Waals surface area contributed by atoms with Crippen LogP contribution in [0.1, 0.15) is 11.1 Å². The molecule has 0 heterocycles. The first-order valence-electron chi connectivity index (χ1n) is 5.28. The van der Waals surface area contributed by atoms with E-state index in [1.807, 2.05) is 0 Å². The third-order valence-corrected chi connectivity index (χ3v) is 2.19. The highest BCUT2D eigenvalue weighted by molar-refractivity contribution is 5.94. The number of benzene rings is 1. The van der Waals surface area contributed by atoms with Crippen LogP contribution < -0.4 is 5.32 Å². The molecule has 0 aromatic heterocycles. The van der Waals surface area contributed by atoms with Crippen molar-refractivity contribution < 1.29 is 31.1 Å². The molecule has 1 N–H and O–H groups in total. The summed E-state index contributed by atoms with van der Waals surface area (Å²) < 4.78 is 72.7. The minimum absolute atomic E-state index is 0.133. The normalized spacial score (nSPS) is 12.7. The van der Waals surface area contributed by atoms with Crippen molar-refractivity contribution in [3.8, 4) is 0 Å². The zero-order chi connectivity index (χ0) is 15.4. The number of carbonyl (C=O) groups excluding carboxylic acids is 1. The van der Waals surface area contributed by atoms with Crippen LogP contribution in [0.2, 0.25) is 0 Å². The maximum atomic E-state index is 12.4. The first kappa shape index (κ1) is 16.1. The second kappa shape index (κ2) is 5.98. The van der Waals surface area contributed by atoms with Crippen LogP contribution in [0.5, 0.6) is 0 Å². The van der Waals surface area contributed by atoms with Gasteiger partial charge in [-0.2, -0.15) is 26.3 Å². The van der Waals surface area contributed by atoms with E-state index in [0.29, 0.717) is 0 Å². The van der Waals surface area contributed by atoms with E-state index in [1.165, 1.54) is 12.1 Å². The van der Waals surface area contributed by atoms with Gasteiger partial charge >= 0.3 is 12.4 Å². The molecule has 20 heavy (non-hydrogen) atoms. The van der Waals surface area contributed by atoms with Gasteiger partial charge in [-0.05, 0) is 17.7 Å². The van der Waals surface area contributed by atoms with Crippen molar-refractivity contribution in [3.05, 3.63) is 47.7 Å². The molecule has 0 fully saturated rings. The van der Waals surface area contributed by atoms with E-state index in [0.717, 1.165) is 18.3 Å². The standard InChI is InChI=1S/C12H9F6NO/c13-11(14,15)9-3-1-2-8(6-9)7-19-5-4-10(20)12(16,17)18/h1-6,19H,7H2. The summed E-state index contributed by atoms with van der Waals surface area (Å²) >= 11 is 0. The van der Waals surface area contributed by atoms with E-state index < -0.39 is 23.7 Å². The summed E-state index contributed by atoms with van der Waals surface area (Å²) in [5.41, 5.74) is -0.629. The van der Waals surface area contributed by atoms with Crippen LogP contribution in [0.4, 0.5) is 26.3 Å². The van der Waals surface area contributed by atoms with Gasteiger partial charge in [-0.3, -0.25) is 4.79 Å². The molecule has 0 saturated carbocycles. The lowest BCUT2D eigenvalue weighted by Gasteiger charge is -2.08. The molecule has 110 valence electrons. The minimum atomic E-state index is -4.96. The molecule has 0 amide bonds. The zero-order valence-corrected chi connectivity index (χ0v) is 9.85. The Hall–Kier alpha value is -1.99. The quantitative estimate of drug-likeness (QED) is 0.681. The largest absolute Gasteiger partial charge is 0.454 e. The summed E-state index contributed by atoms with van der Waals surface area (Å²) in [5.74, 6) is -2.05. The maximum absolute atomic E-state index is 12.4. The first-order valence-corrected chi connectivity index (χ1v) is 5.28. The smallest absolute Gasteiger partial charge is 0.387 e. The highest BCUT2D eigenvalue weighted by Gasteiger charge is 2.36. The van der Waals surface area contributed by atoms with Crippen molar-refractivity contribution in [2.45, 2.75) is 18.9 Å². The Morgan fingerprint density at radius 3 is 2.35 bits per heavy atom. The molecule has 0 spiro atoms. The molecule has 0 saturated heterocycles. The number of allylic oxidation sites excluding steroid dienone is 1. The van der Waals surface area contributed by atoms with Gasteiger partial charge in [0.1, 0.15) is 0 Å². The maximum Gasteiger partial charge on any atom is 0.454 e. The van der Waals surface area contributed by atoms with Crippen LogP contribution in [0.25, 0.3) is 0 Å². The van der Waals surface area contributed by atoms with E-state index in [2.05, 4.69) is 5.32 Å². The lowest BCUT2D eigenvalue weighted by Crippen LogP contribution is -2.20. The average Bonchev–Trinajstić information content (AvgIpc) is 2.32. The topological polar surface area (TPSA) is 29.1 Å². The lowest BCUT2D eigenvalue weighted by molar-refractivity contribution is -0.165. The summed E-state index contributed by atoms with van der Waals surface area (Å²) in [5, 5.41) is 2.31. The number of hydrogen-bond donors (Lipinski definition) is 1. The monoisotopic (exact) mass is 297 g/mol. The molecule has 1 rings (SSSR count). The Balaban J connectivity index is 2.59. The van der Waals surface area contributed by atoms with Crippen molar-refractivity contribution in [1.29, 1.82) is 0 Å². The van der Waals surface area contributed by atoms with Gasteiger partial charge in [-0.25, -0.2) is 0 Å². The van der Waals surface area contributed by atoms with E-state index in [1.54, 1.807) is 0 Å². The first-order chi connectivity index (χ1) is 9.10. The summed E-state index contributed by atoms with van der Waals surface area (Å²) in [4.78, 5) is 10.5. The van der Waals surface area contributed by atoms with Crippen LogP contribution >= 0.6 is 0 Å². The molecular formula is C12H9F6NO. The van der Waals surface area contributed by atoms with Crippen LogP contribution in [0.3, 0.4) is 0 Å². The van der Waals surface area contributed by atoms with Crippen molar-refractivity contribution in [2.24, 2.45) is 0 Å². The zero-order valence-electron chi connectivity index (χ0n) is 9.85. The van der Waals surface area contributed by atoms with Crippen LogP contribution in [0.15, 0.2) is 36.5 Å². The van der Waals surface area contributed by atoms with Crippen molar-refractivity contribution in [1.82, 2.24) is 5.32 Å². The Bertz CT molecular complexity index is 503. The predicted octanol–water partition coefficient (Wildman–Crippen LogP) is 3.44. The van der Waals surface area contributed by atoms with Crippen LogP contribution in [-0.4, -0.2) is 12.0 Å². The molecule has 2 nitrogen and oxygen atoms in total. The van der Waals surface area contributed by atoms with E-state index in [9.17, 15) is 31.1 Å². The van der Waals surface area contributed by atoms with Gasteiger partial charge in [0.15, 0.2) is 0 Å². The number of nitrogens with one attached hydrogen (secondary N) is 1. The van der Waals surface area contributed by atoms with E-state index >= 15 is 0 Å². The van der Waals surface area contributed by atoms with E-state index in [-0.39, 0.29) is 18.2 Å². The van der Waals surface area contributed by atoms with Gasteiger partial charge in [-0.15, -0.1) is 0 Å². The van der Waals surface area contributed by atoms with Gasteiger partial charge in [0.05, 0.1) is 5.56 Å². The van der Waals surface area contributed by atoms with Gasteiger partial charge in [0.2, 0.25) is 0 Å². The van der Waals surface area contributed by atoms with Crippen LogP contribution in [0, 0.1) is 0 Å². The van der Waals surface area contributed by atoms with Crippen molar-refractivity contribution in [2.75, 3.05) is 0 Å². The molecule has 8 heteroatoms. The number of halogens is 6. The molecular weight excluding hydrogens is 288 g/mol. The number of hydrogen-bond acceptors (Lipinski definition) is 2. The van der Waals surface area contributed by atoms with Crippen LogP contribution in [-0.2, 0) is 17.5 Å². The van der Waals surface area contributed by atoms with Crippen molar-refractivity contribution in [3.63, 3.8) is 0 Å². The molecule has 0 aliphatic rings. The third-order valence-electron chi connectivity index (χ3n) is 2.19. The SMILES string of the molecule is O=C(C=CNCc1cccc(C(F)(F)F)c1)C(F)(F)F. The fourth-order valence-electron chi connectivity index (χ4n) is 1.26. The highest BCUT2D eigenvalue weighted by atomic mass is 19.4. The fourth-order valence-corrected chi connectivity index (χ4v) is 1.26. The second-order valence-electron chi connectivity index (χ2n) is 3.77. The van der Waals surface area contributed by atoms with Crippen molar-refractivity contribution >= 4 is 5.78 Å². The summed E-state index contributed by atoms with van der Waals surface area (Å²) in [6.07, 6.45) is -8.43. The molecule has 0 aliphatic carbocycles. The molecule has 0 radical (unpaired) electrons. The number of alkyl halides is 6. The summed E-state index contributed by atoms with van der Waals surface area (Å²) in [6.45, 7) is -0.133. The molecule has 0 atom stereocenters. The molecule has 0 aliphatic heterocycles. The molecule has 1 aromatic carbocycles. The summed E-state index contributed by atoms with van der Waals surface area (Å²) in [7, 11) is 0. The van der Waals surface area contributed by atoms with Gasteiger partial charge < -0.3 is 5.32 Å². The van der Waals surface area contributed by atoms with E-state index in [4.69, 9.17) is 0 Å². The molecule has 1 aromatic rings. The van der Waals surface area contributed by atoms with Gasteiger partial charge in [-0.1, -0.05) is 12.1 Å². The Kier molecular flexibility index (Phi) is 4.80. The third kappa shape index (κ3) is 4.94. The lowest BCUT2D eigenvalue weighted by atomic mass is 10.1. The number of carbonyl (C=O) groups is 1. The fraction of sp³-hybridized carbons (Fsp3) is 0.250. The Labute approximate surface area is 110 Å². The predicted molar refractivity (Wildman–Crippen MR) is 58.5 cm³/mol. The van der Waals surface area contributed by atoms with Gasteiger partial charge in [0.25, 0.3) is 5.78 Å². The number of ketones is 1. The molecule has 0 unspecified atom stereocenters. The summed E-state index contributed by atoms with van der Waals surface area (Å²) in [6, 6.07) is 4.31. The minimum Gasteiger partial charge on any atom is -0.387 e. The average molecular weight is 297 g/mol. The van der Waals surface area contributed by atoms with Gasteiger partial charge in [0, 0.05) is 18.8 Å². The molecule has 0 bridgehead atoms. The highest BCUT2D eigenvalue weighted by Crippen LogP contribution is 2.29. The second-order valence-corrected chi connectivity index (χ2v) is 3.77. The number of rotatable bonds is 4. The Morgan fingerprint density at radius 2 is 1.80 bits per heavy atom. The Morgan fingerprint density at radius 1 is 1.15 bits per heavy atom.